The fraction of sp³-hybridized carbons (Fsp3) is 0.647. The van der Waals surface area contributed by atoms with Gasteiger partial charge in [0.2, 0.25) is 0 Å². The summed E-state index contributed by atoms with van der Waals surface area (Å²) in [4.78, 5) is 15.8. The van der Waals surface area contributed by atoms with Crippen molar-refractivity contribution in [3.05, 3.63) is 23.9 Å². The zero-order valence-corrected chi connectivity index (χ0v) is 13.1. The van der Waals surface area contributed by atoms with Crippen molar-refractivity contribution in [2.75, 3.05) is 18.5 Å². The van der Waals surface area contributed by atoms with E-state index in [1.165, 1.54) is 32.1 Å². The molecule has 4 nitrogen and oxygen atoms in total. The van der Waals surface area contributed by atoms with Crippen molar-refractivity contribution in [1.29, 1.82) is 0 Å². The SMILES string of the molecule is CCOC(=O)c1ccc(NCC2CCC(CC)CC2)nc1. The van der Waals surface area contributed by atoms with Crippen molar-refractivity contribution in [2.24, 2.45) is 11.8 Å². The van der Waals surface area contributed by atoms with E-state index in [1.54, 1.807) is 19.2 Å². The van der Waals surface area contributed by atoms with Gasteiger partial charge >= 0.3 is 5.97 Å². The van der Waals surface area contributed by atoms with Crippen molar-refractivity contribution in [1.82, 2.24) is 4.98 Å². The third-order valence-electron chi connectivity index (χ3n) is 4.39. The van der Waals surface area contributed by atoms with E-state index in [4.69, 9.17) is 4.74 Å². The number of anilines is 1. The van der Waals surface area contributed by atoms with Gasteiger partial charge in [0.15, 0.2) is 0 Å². The molecule has 0 unspecified atom stereocenters. The van der Waals surface area contributed by atoms with Gasteiger partial charge in [-0.1, -0.05) is 26.2 Å². The lowest BCUT2D eigenvalue weighted by Gasteiger charge is -2.27. The quantitative estimate of drug-likeness (QED) is 0.808. The molecular weight excluding hydrogens is 264 g/mol. The molecule has 0 radical (unpaired) electrons. The third kappa shape index (κ3) is 4.73. The number of nitrogens with zero attached hydrogens (tertiary/aromatic N) is 1. The van der Waals surface area contributed by atoms with Gasteiger partial charge in [-0.15, -0.1) is 0 Å². The molecule has 1 saturated carbocycles. The van der Waals surface area contributed by atoms with Crippen LogP contribution in [0.2, 0.25) is 0 Å². The predicted octanol–water partition coefficient (Wildman–Crippen LogP) is 3.89. The number of esters is 1. The highest BCUT2D eigenvalue weighted by atomic mass is 16.5. The van der Waals surface area contributed by atoms with Crippen LogP contribution in [0.4, 0.5) is 5.82 Å². The molecular formula is C17H26N2O2. The topological polar surface area (TPSA) is 51.2 Å². The summed E-state index contributed by atoms with van der Waals surface area (Å²) in [5.41, 5.74) is 0.505. The molecule has 21 heavy (non-hydrogen) atoms. The first kappa shape index (κ1) is 15.8. The summed E-state index contributed by atoms with van der Waals surface area (Å²) in [6, 6.07) is 3.62. The molecule has 0 aromatic carbocycles. The van der Waals surface area contributed by atoms with Gasteiger partial charge in [-0.2, -0.15) is 0 Å². The van der Waals surface area contributed by atoms with Crippen LogP contribution in [0.3, 0.4) is 0 Å². The summed E-state index contributed by atoms with van der Waals surface area (Å²) in [6.07, 6.45) is 8.24. The van der Waals surface area contributed by atoms with Crippen LogP contribution in [0.1, 0.15) is 56.3 Å². The second-order valence-electron chi connectivity index (χ2n) is 5.83. The molecule has 1 aliphatic rings. The van der Waals surface area contributed by atoms with E-state index in [-0.39, 0.29) is 5.97 Å². The standard InChI is InChI=1S/C17H26N2O2/c1-3-13-5-7-14(8-6-13)11-18-16-10-9-15(12-19-16)17(20)21-4-2/h9-10,12-14H,3-8,11H2,1-2H3,(H,18,19). The number of hydrogen-bond donors (Lipinski definition) is 1. The zero-order valence-electron chi connectivity index (χ0n) is 13.1. The largest absolute Gasteiger partial charge is 0.462 e. The second kappa shape index (κ2) is 8.01. The summed E-state index contributed by atoms with van der Waals surface area (Å²) in [7, 11) is 0. The van der Waals surface area contributed by atoms with Crippen molar-refractivity contribution in [3.63, 3.8) is 0 Å². The number of aromatic nitrogens is 1. The average molecular weight is 290 g/mol. The van der Waals surface area contributed by atoms with Crippen LogP contribution >= 0.6 is 0 Å². The summed E-state index contributed by atoms with van der Waals surface area (Å²) in [6.45, 7) is 5.45. The van der Waals surface area contributed by atoms with E-state index in [1.807, 2.05) is 6.07 Å². The number of carbonyl (C=O) groups excluding carboxylic acids is 1. The zero-order chi connectivity index (χ0) is 15.1. The highest BCUT2D eigenvalue weighted by Gasteiger charge is 2.19. The molecule has 0 bridgehead atoms. The van der Waals surface area contributed by atoms with Gasteiger partial charge in [0, 0.05) is 12.7 Å². The van der Waals surface area contributed by atoms with Crippen LogP contribution in [-0.2, 0) is 4.74 Å². The fourth-order valence-corrected chi connectivity index (χ4v) is 2.93. The van der Waals surface area contributed by atoms with E-state index in [0.717, 1.165) is 24.2 Å². The summed E-state index contributed by atoms with van der Waals surface area (Å²) in [5, 5.41) is 3.38. The highest BCUT2D eigenvalue weighted by Crippen LogP contribution is 2.30. The Labute approximate surface area is 127 Å². The predicted molar refractivity (Wildman–Crippen MR) is 84.4 cm³/mol. The maximum Gasteiger partial charge on any atom is 0.339 e. The van der Waals surface area contributed by atoms with Crippen LogP contribution in [0.15, 0.2) is 18.3 Å². The Morgan fingerprint density at radius 1 is 1.24 bits per heavy atom. The maximum absolute atomic E-state index is 11.5. The Bertz CT molecular complexity index is 437. The van der Waals surface area contributed by atoms with E-state index in [2.05, 4.69) is 17.2 Å². The monoisotopic (exact) mass is 290 g/mol. The minimum atomic E-state index is -0.311. The lowest BCUT2D eigenvalue weighted by Crippen LogP contribution is -2.21. The summed E-state index contributed by atoms with van der Waals surface area (Å²) < 4.78 is 4.94. The molecule has 0 amide bonds. The normalized spacial score (nSPS) is 21.8. The minimum Gasteiger partial charge on any atom is -0.462 e. The van der Waals surface area contributed by atoms with Crippen LogP contribution in [-0.4, -0.2) is 24.1 Å². The fourth-order valence-electron chi connectivity index (χ4n) is 2.93. The molecule has 0 spiro atoms. The molecule has 0 aliphatic heterocycles. The van der Waals surface area contributed by atoms with Gasteiger partial charge in [-0.3, -0.25) is 0 Å². The molecule has 1 aliphatic carbocycles. The Morgan fingerprint density at radius 2 is 1.95 bits per heavy atom. The summed E-state index contributed by atoms with van der Waals surface area (Å²) in [5.74, 6) is 2.21. The number of nitrogens with one attached hydrogen (secondary N) is 1. The van der Waals surface area contributed by atoms with Crippen molar-refractivity contribution < 1.29 is 9.53 Å². The highest BCUT2D eigenvalue weighted by molar-refractivity contribution is 5.89. The van der Waals surface area contributed by atoms with Crippen molar-refractivity contribution >= 4 is 11.8 Å². The maximum atomic E-state index is 11.5. The Kier molecular flexibility index (Phi) is 6.03. The molecule has 2 rings (SSSR count). The minimum absolute atomic E-state index is 0.311. The average Bonchev–Trinajstić information content (AvgIpc) is 2.54. The molecule has 1 N–H and O–H groups in total. The first-order valence-electron chi connectivity index (χ1n) is 8.10. The first-order chi connectivity index (χ1) is 10.2. The van der Waals surface area contributed by atoms with Gasteiger partial charge in [0.05, 0.1) is 12.2 Å². The van der Waals surface area contributed by atoms with Crippen LogP contribution < -0.4 is 5.32 Å². The van der Waals surface area contributed by atoms with Gasteiger partial charge in [0.1, 0.15) is 5.82 Å². The number of hydrogen-bond acceptors (Lipinski definition) is 4. The van der Waals surface area contributed by atoms with E-state index in [0.29, 0.717) is 12.2 Å². The van der Waals surface area contributed by atoms with Gasteiger partial charge in [0.25, 0.3) is 0 Å². The first-order valence-corrected chi connectivity index (χ1v) is 8.10. The van der Waals surface area contributed by atoms with Crippen molar-refractivity contribution in [3.8, 4) is 0 Å². The third-order valence-corrected chi connectivity index (χ3v) is 4.39. The molecule has 116 valence electrons. The number of carbonyl (C=O) groups is 1. The molecule has 0 saturated heterocycles. The van der Waals surface area contributed by atoms with Gasteiger partial charge in [-0.25, -0.2) is 9.78 Å². The van der Waals surface area contributed by atoms with Gasteiger partial charge in [-0.05, 0) is 43.7 Å². The van der Waals surface area contributed by atoms with E-state index in [9.17, 15) is 4.79 Å². The summed E-state index contributed by atoms with van der Waals surface area (Å²) >= 11 is 0. The van der Waals surface area contributed by atoms with Gasteiger partial charge < -0.3 is 10.1 Å². The molecule has 4 heteroatoms. The van der Waals surface area contributed by atoms with E-state index < -0.39 is 0 Å². The number of rotatable bonds is 6. The molecule has 1 heterocycles. The van der Waals surface area contributed by atoms with E-state index >= 15 is 0 Å². The smallest absolute Gasteiger partial charge is 0.339 e. The lowest BCUT2D eigenvalue weighted by atomic mass is 9.81. The Morgan fingerprint density at radius 3 is 2.52 bits per heavy atom. The molecule has 1 aromatic heterocycles. The van der Waals surface area contributed by atoms with Crippen LogP contribution in [0, 0.1) is 11.8 Å². The van der Waals surface area contributed by atoms with Crippen LogP contribution in [0.5, 0.6) is 0 Å². The second-order valence-corrected chi connectivity index (χ2v) is 5.83. The lowest BCUT2D eigenvalue weighted by molar-refractivity contribution is 0.0526. The van der Waals surface area contributed by atoms with Crippen LogP contribution in [0.25, 0.3) is 0 Å². The number of ether oxygens (including phenoxy) is 1. The van der Waals surface area contributed by atoms with Crippen molar-refractivity contribution in [2.45, 2.75) is 46.0 Å². The Balaban J connectivity index is 1.77. The molecule has 1 aromatic rings. The molecule has 0 atom stereocenters. The Hall–Kier alpha value is -1.58. The number of pyridine rings is 1. The molecule has 1 fully saturated rings.